The van der Waals surface area contributed by atoms with Gasteiger partial charge in [-0.2, -0.15) is 13.2 Å². The number of imidazole rings is 1. The van der Waals surface area contributed by atoms with Crippen molar-refractivity contribution in [3.63, 3.8) is 0 Å². The summed E-state index contributed by atoms with van der Waals surface area (Å²) in [7, 11) is 0. The first-order chi connectivity index (χ1) is 21.1. The van der Waals surface area contributed by atoms with E-state index in [1.807, 2.05) is 22.6 Å². The number of nitrogens with zero attached hydrogens (tertiary/aromatic N) is 3. The summed E-state index contributed by atoms with van der Waals surface area (Å²) in [5.41, 5.74) is -0.359. The predicted molar refractivity (Wildman–Crippen MR) is 164 cm³/mol. The van der Waals surface area contributed by atoms with Crippen molar-refractivity contribution in [2.75, 3.05) is 6.54 Å². The summed E-state index contributed by atoms with van der Waals surface area (Å²) in [5.74, 6) is -2.15. The second-order valence-electron chi connectivity index (χ2n) is 10.8. The van der Waals surface area contributed by atoms with E-state index in [2.05, 4.69) is 10.3 Å². The first-order valence-electron chi connectivity index (χ1n) is 13.7. The molecule has 0 saturated heterocycles. The van der Waals surface area contributed by atoms with Crippen LogP contribution in [0.5, 0.6) is 5.75 Å². The van der Waals surface area contributed by atoms with Crippen LogP contribution in [-0.4, -0.2) is 49.7 Å². The lowest BCUT2D eigenvalue weighted by Crippen LogP contribution is -2.56. The number of pyridine rings is 1. The maximum absolute atomic E-state index is 14.2. The van der Waals surface area contributed by atoms with Crippen LogP contribution in [0.3, 0.4) is 0 Å². The van der Waals surface area contributed by atoms with Crippen molar-refractivity contribution in [3.8, 4) is 5.75 Å². The molecule has 240 valence electrons. The number of hydrogen-bond acceptors (Lipinski definition) is 4. The van der Waals surface area contributed by atoms with Gasteiger partial charge in [-0.15, -0.1) is 0 Å². The number of ether oxygens (including phenoxy) is 1. The van der Waals surface area contributed by atoms with E-state index in [0.717, 1.165) is 17.0 Å². The van der Waals surface area contributed by atoms with Crippen molar-refractivity contribution >= 4 is 40.2 Å². The van der Waals surface area contributed by atoms with Crippen LogP contribution < -0.4 is 10.1 Å². The first kappa shape index (κ1) is 33.9. The highest BCUT2D eigenvalue weighted by Crippen LogP contribution is 2.38. The van der Waals surface area contributed by atoms with Crippen LogP contribution in [0.15, 0.2) is 60.8 Å². The third-order valence-electron chi connectivity index (χ3n) is 7.31. The molecule has 0 fully saturated rings. The second kappa shape index (κ2) is 13.6. The summed E-state index contributed by atoms with van der Waals surface area (Å²) >= 11 is 1.85. The van der Waals surface area contributed by atoms with Crippen LogP contribution >= 0.6 is 22.6 Å². The number of carbonyl (C=O) groups is 2. The zero-order valence-corrected chi connectivity index (χ0v) is 26.6. The van der Waals surface area contributed by atoms with E-state index >= 15 is 0 Å². The fraction of sp³-hybridized carbons (Fsp3) is 0.323. The number of nitrogens with one attached hydrogen (secondary N) is 1. The lowest BCUT2D eigenvalue weighted by molar-refractivity contribution is -0.141. The zero-order valence-electron chi connectivity index (χ0n) is 24.5. The van der Waals surface area contributed by atoms with E-state index in [1.165, 1.54) is 17.4 Å². The Labute approximate surface area is 269 Å². The monoisotopic (exact) mass is 744 g/mol. The molecule has 0 radical (unpaired) electrons. The van der Waals surface area contributed by atoms with Gasteiger partial charge in [0.25, 0.3) is 5.91 Å². The number of benzene rings is 2. The first-order valence-corrected chi connectivity index (χ1v) is 15.0. The Balaban J connectivity index is 1.65. The number of amides is 2. The van der Waals surface area contributed by atoms with Crippen LogP contribution in [0, 0.1) is 25.5 Å². The minimum atomic E-state index is -4.57. The third kappa shape index (κ3) is 7.83. The van der Waals surface area contributed by atoms with Gasteiger partial charge >= 0.3 is 12.3 Å². The minimum Gasteiger partial charge on any atom is -0.485 e. The molecule has 2 aromatic heterocycles. The van der Waals surface area contributed by atoms with Gasteiger partial charge in [0.05, 0.1) is 16.8 Å². The highest BCUT2D eigenvalue weighted by molar-refractivity contribution is 14.1. The molecular weight excluding hydrogens is 714 g/mol. The third-order valence-corrected chi connectivity index (χ3v) is 8.59. The van der Waals surface area contributed by atoms with E-state index in [4.69, 9.17) is 4.74 Å². The molecule has 14 heteroatoms. The van der Waals surface area contributed by atoms with E-state index in [1.54, 1.807) is 56.4 Å². The molecule has 2 N–H and O–H groups in total. The average Bonchev–Trinajstić information content (AvgIpc) is 3.30. The molecule has 0 aliphatic rings. The smallest absolute Gasteiger partial charge is 0.408 e. The number of hydrogen-bond donors (Lipinski definition) is 2. The fourth-order valence-corrected chi connectivity index (χ4v) is 6.31. The minimum absolute atomic E-state index is 0.0322. The van der Waals surface area contributed by atoms with Gasteiger partial charge in [-0.05, 0) is 56.5 Å². The van der Waals surface area contributed by atoms with E-state index in [0.29, 0.717) is 11.1 Å². The highest BCUT2D eigenvalue weighted by atomic mass is 127. The lowest BCUT2D eigenvalue weighted by Gasteiger charge is -2.43. The number of carbonyl (C=O) groups excluding carboxylic acids is 1. The predicted octanol–water partition coefficient (Wildman–Crippen LogP) is 7.75. The molecule has 8 nitrogen and oxygen atoms in total. The molecule has 0 aliphatic heterocycles. The van der Waals surface area contributed by atoms with Gasteiger partial charge in [0.1, 0.15) is 28.0 Å². The van der Waals surface area contributed by atoms with Crippen molar-refractivity contribution in [2.24, 2.45) is 0 Å². The second-order valence-corrected chi connectivity index (χ2v) is 12.0. The average molecular weight is 744 g/mol. The summed E-state index contributed by atoms with van der Waals surface area (Å²) in [6.45, 7) is 3.71. The van der Waals surface area contributed by atoms with E-state index in [-0.39, 0.29) is 28.3 Å². The largest absolute Gasteiger partial charge is 0.485 e. The molecule has 0 aliphatic carbocycles. The van der Waals surface area contributed by atoms with Gasteiger partial charge in [-0.1, -0.05) is 59.0 Å². The molecule has 4 aromatic rings. The Hall–Kier alpha value is -3.95. The van der Waals surface area contributed by atoms with Gasteiger partial charge in [-0.25, -0.2) is 18.6 Å². The number of aromatic nitrogens is 2. The molecule has 4 rings (SSSR count). The Bertz CT molecular complexity index is 1680. The summed E-state index contributed by atoms with van der Waals surface area (Å²) in [4.78, 5) is 31.5. The van der Waals surface area contributed by atoms with Crippen LogP contribution in [0.4, 0.5) is 26.7 Å². The summed E-state index contributed by atoms with van der Waals surface area (Å²) in [6.07, 6.45) is -6.33. The number of halogens is 6. The normalized spacial score (nSPS) is 13.7. The summed E-state index contributed by atoms with van der Waals surface area (Å²) in [6, 6.07) is 13.5. The maximum Gasteiger partial charge on any atom is 0.408 e. The van der Waals surface area contributed by atoms with Gasteiger partial charge in [0.15, 0.2) is 11.4 Å². The molecule has 2 heterocycles. The van der Waals surface area contributed by atoms with Gasteiger partial charge in [0, 0.05) is 19.2 Å². The molecule has 0 spiro atoms. The Morgan fingerprint density at radius 1 is 1.07 bits per heavy atom. The number of carboxylic acid groups (broad SMARTS) is 1. The quantitative estimate of drug-likeness (QED) is 0.0709. The van der Waals surface area contributed by atoms with Crippen molar-refractivity contribution in [2.45, 2.75) is 56.0 Å². The van der Waals surface area contributed by atoms with Gasteiger partial charge in [-0.3, -0.25) is 14.1 Å². The lowest BCUT2D eigenvalue weighted by atomic mass is 9.92. The van der Waals surface area contributed by atoms with Crippen molar-refractivity contribution < 1.29 is 41.4 Å². The van der Waals surface area contributed by atoms with Crippen molar-refractivity contribution in [3.05, 3.63) is 101 Å². The molecule has 2 amide bonds. The molecule has 0 saturated carbocycles. The van der Waals surface area contributed by atoms with Crippen LogP contribution in [-0.2, 0) is 6.61 Å². The van der Waals surface area contributed by atoms with Crippen LogP contribution in [0.1, 0.15) is 56.7 Å². The van der Waals surface area contributed by atoms with E-state index in [9.17, 15) is 36.6 Å². The number of rotatable bonds is 11. The van der Waals surface area contributed by atoms with Crippen LogP contribution in [0.25, 0.3) is 5.65 Å². The zero-order chi connectivity index (χ0) is 33.1. The Morgan fingerprint density at radius 2 is 1.71 bits per heavy atom. The van der Waals surface area contributed by atoms with Crippen molar-refractivity contribution in [1.82, 2.24) is 19.6 Å². The molecule has 2 unspecified atom stereocenters. The van der Waals surface area contributed by atoms with E-state index < -0.39 is 65.4 Å². The van der Waals surface area contributed by atoms with Crippen molar-refractivity contribution in [1.29, 1.82) is 0 Å². The topological polar surface area (TPSA) is 96.2 Å². The molecule has 2 aromatic carbocycles. The molecule has 45 heavy (non-hydrogen) atoms. The molecule has 2 atom stereocenters. The molecular formula is C31H30F5IN4O4. The SMILES string of the molecule is Cc1cc(OCc2c(F)cccc2F)c2nc(C)c(C(=O)NCC(C)(CCC(F)(F)F)N(C(=O)O)C(I)c3ccccc3)n2c1. The number of alkyl halides is 4. The number of fused-ring (bicyclic) bond motifs is 1. The molecule has 0 bridgehead atoms. The highest BCUT2D eigenvalue weighted by Gasteiger charge is 2.43. The number of aryl methyl sites for hydroxylation is 2. The Kier molecular flexibility index (Phi) is 10.2. The Morgan fingerprint density at radius 3 is 2.31 bits per heavy atom. The summed E-state index contributed by atoms with van der Waals surface area (Å²) in [5, 5.41) is 12.8. The van der Waals surface area contributed by atoms with Gasteiger partial charge in [0.2, 0.25) is 0 Å². The standard InChI is InChI=1S/C31H30F5IN4O4/c1-18-14-24(45-16-21-22(32)10-7-11-23(21)33)27-39-19(2)25(40(27)15-18)28(42)38-17-30(3,12-13-31(34,35)36)41(29(43)44)26(37)20-8-5-4-6-9-20/h4-11,14-15,26H,12-13,16-17H2,1-3H3,(H,38,42)(H,43,44). The van der Waals surface area contributed by atoms with Gasteiger partial charge < -0.3 is 15.2 Å². The van der Waals surface area contributed by atoms with Crippen LogP contribution in [0.2, 0.25) is 0 Å². The fourth-order valence-electron chi connectivity index (χ4n) is 4.98. The summed E-state index contributed by atoms with van der Waals surface area (Å²) < 4.78 is 74.8. The maximum atomic E-state index is 14.2.